The number of benzene rings is 2. The first-order valence-electron chi connectivity index (χ1n) is 9.90. The van der Waals surface area contributed by atoms with E-state index in [2.05, 4.69) is 48.1 Å². The quantitative estimate of drug-likeness (QED) is 0.333. The predicted molar refractivity (Wildman–Crippen MR) is 123 cm³/mol. The van der Waals surface area contributed by atoms with Gasteiger partial charge in [0.2, 0.25) is 0 Å². The second kappa shape index (κ2) is 8.37. The maximum absolute atomic E-state index is 5.54. The van der Waals surface area contributed by atoms with Gasteiger partial charge in [-0.25, -0.2) is 0 Å². The Balaban J connectivity index is 1.54. The Hall–Kier alpha value is -3.66. The van der Waals surface area contributed by atoms with Crippen LogP contribution < -0.4 is 0 Å². The lowest BCUT2D eigenvalue weighted by molar-refractivity contribution is 0.527. The molecule has 4 nitrogen and oxygen atoms in total. The van der Waals surface area contributed by atoms with E-state index in [1.165, 1.54) is 22.3 Å². The van der Waals surface area contributed by atoms with E-state index >= 15 is 0 Å². The largest absolute Gasteiger partial charge is 0.460 e. The van der Waals surface area contributed by atoms with Crippen molar-refractivity contribution in [2.75, 3.05) is 0 Å². The van der Waals surface area contributed by atoms with Crippen molar-refractivity contribution in [3.63, 3.8) is 0 Å². The maximum atomic E-state index is 5.54. The third kappa shape index (κ3) is 4.49. The number of furan rings is 2. The number of hydrogen-bond donors (Lipinski definition) is 0. The molecule has 0 spiro atoms. The fourth-order valence-electron chi connectivity index (χ4n) is 3.38. The van der Waals surface area contributed by atoms with E-state index < -0.39 is 0 Å². The van der Waals surface area contributed by atoms with Gasteiger partial charge in [0.15, 0.2) is 0 Å². The summed E-state index contributed by atoms with van der Waals surface area (Å²) in [5.41, 5.74) is 6.53. The molecule has 0 aliphatic heterocycles. The SMILES string of the molecule is Cc1ccc(C=Nc2ccc(-c3ccc(N=Cc4ccc(C)o4)cc3C)c(C)c2)o1. The first-order valence-corrected chi connectivity index (χ1v) is 9.90. The monoisotopic (exact) mass is 396 g/mol. The van der Waals surface area contributed by atoms with Crippen molar-refractivity contribution in [3.05, 3.63) is 94.8 Å². The molecule has 0 radical (unpaired) electrons. The van der Waals surface area contributed by atoms with Crippen molar-refractivity contribution in [1.29, 1.82) is 0 Å². The molecule has 2 heterocycles. The second-order valence-electron chi connectivity index (χ2n) is 7.41. The highest BCUT2D eigenvalue weighted by molar-refractivity contribution is 5.81. The first-order chi connectivity index (χ1) is 14.5. The van der Waals surface area contributed by atoms with Crippen molar-refractivity contribution < 1.29 is 8.83 Å². The minimum Gasteiger partial charge on any atom is -0.460 e. The lowest BCUT2D eigenvalue weighted by atomic mass is 9.96. The Bertz CT molecular complexity index is 1140. The topological polar surface area (TPSA) is 51.0 Å². The number of aliphatic imine (C=N–C) groups is 2. The molecule has 0 N–H and O–H groups in total. The minimum absolute atomic E-state index is 0.755. The highest BCUT2D eigenvalue weighted by Gasteiger charge is 2.07. The smallest absolute Gasteiger partial charge is 0.145 e. The van der Waals surface area contributed by atoms with Gasteiger partial charge in [-0.1, -0.05) is 12.1 Å². The average Bonchev–Trinajstić information content (AvgIpc) is 3.33. The Morgan fingerprint density at radius 1 is 0.567 bits per heavy atom. The molecule has 0 saturated heterocycles. The fraction of sp³-hybridized carbons (Fsp3) is 0.154. The molecule has 0 fully saturated rings. The molecule has 150 valence electrons. The van der Waals surface area contributed by atoms with Crippen LogP contribution in [-0.2, 0) is 0 Å². The lowest BCUT2D eigenvalue weighted by Crippen LogP contribution is -1.87. The normalized spacial score (nSPS) is 11.7. The molecule has 4 rings (SSSR count). The third-order valence-electron chi connectivity index (χ3n) is 4.91. The van der Waals surface area contributed by atoms with Crippen LogP contribution in [0.1, 0.15) is 34.2 Å². The lowest BCUT2D eigenvalue weighted by Gasteiger charge is -2.11. The number of nitrogens with zero attached hydrogens (tertiary/aromatic N) is 2. The number of aryl methyl sites for hydroxylation is 4. The van der Waals surface area contributed by atoms with Gasteiger partial charge in [-0.3, -0.25) is 9.98 Å². The van der Waals surface area contributed by atoms with Crippen LogP contribution in [0.15, 0.2) is 79.5 Å². The van der Waals surface area contributed by atoms with Gasteiger partial charge in [-0.2, -0.15) is 0 Å². The van der Waals surface area contributed by atoms with Crippen molar-refractivity contribution >= 4 is 23.8 Å². The van der Waals surface area contributed by atoms with Crippen molar-refractivity contribution in [3.8, 4) is 11.1 Å². The van der Waals surface area contributed by atoms with Crippen LogP contribution in [-0.4, -0.2) is 12.4 Å². The Morgan fingerprint density at radius 2 is 1.00 bits per heavy atom. The zero-order valence-electron chi connectivity index (χ0n) is 17.6. The van der Waals surface area contributed by atoms with E-state index in [1.54, 1.807) is 12.4 Å². The first kappa shape index (κ1) is 19.6. The molecule has 2 aromatic carbocycles. The van der Waals surface area contributed by atoms with E-state index in [9.17, 15) is 0 Å². The van der Waals surface area contributed by atoms with Gasteiger partial charge in [-0.05, 0) is 98.5 Å². The van der Waals surface area contributed by atoms with Crippen molar-refractivity contribution in [1.82, 2.24) is 0 Å². The summed E-state index contributed by atoms with van der Waals surface area (Å²) >= 11 is 0. The molecule has 4 heteroatoms. The van der Waals surface area contributed by atoms with Crippen LogP contribution in [0.5, 0.6) is 0 Å². The summed E-state index contributed by atoms with van der Waals surface area (Å²) in [6.07, 6.45) is 3.50. The number of rotatable bonds is 5. The van der Waals surface area contributed by atoms with Gasteiger partial charge in [0.1, 0.15) is 23.0 Å². The summed E-state index contributed by atoms with van der Waals surface area (Å²) in [5.74, 6) is 3.27. The molecule has 0 amide bonds. The van der Waals surface area contributed by atoms with Gasteiger partial charge in [-0.15, -0.1) is 0 Å². The Morgan fingerprint density at radius 3 is 1.33 bits per heavy atom. The van der Waals surface area contributed by atoms with Gasteiger partial charge in [0.05, 0.1) is 23.8 Å². The standard InChI is InChI=1S/C26H24N2O2/c1-17-13-21(27-15-23-9-5-19(3)29-23)7-11-25(17)26-12-8-22(14-18(26)2)28-16-24-10-6-20(4)30-24/h5-16H,1-4H3. The summed E-state index contributed by atoms with van der Waals surface area (Å²) in [7, 11) is 0. The summed E-state index contributed by atoms with van der Waals surface area (Å²) in [5, 5.41) is 0. The van der Waals surface area contributed by atoms with Crippen LogP contribution in [0.25, 0.3) is 11.1 Å². The summed E-state index contributed by atoms with van der Waals surface area (Å²) < 4.78 is 11.1. The third-order valence-corrected chi connectivity index (χ3v) is 4.91. The average molecular weight is 396 g/mol. The summed E-state index contributed by atoms with van der Waals surface area (Å²) in [6, 6.07) is 20.2. The second-order valence-corrected chi connectivity index (χ2v) is 7.41. The highest BCUT2D eigenvalue weighted by atomic mass is 16.3. The summed E-state index contributed by atoms with van der Waals surface area (Å²) in [4.78, 5) is 9.06. The van der Waals surface area contributed by atoms with Crippen LogP contribution in [0.4, 0.5) is 11.4 Å². The van der Waals surface area contributed by atoms with Crippen LogP contribution in [0, 0.1) is 27.7 Å². The van der Waals surface area contributed by atoms with Gasteiger partial charge in [0.25, 0.3) is 0 Å². The molecular weight excluding hydrogens is 372 g/mol. The number of hydrogen-bond acceptors (Lipinski definition) is 4. The molecule has 0 bridgehead atoms. The van der Waals surface area contributed by atoms with E-state index in [1.807, 2.05) is 50.2 Å². The van der Waals surface area contributed by atoms with Crippen molar-refractivity contribution in [2.24, 2.45) is 9.98 Å². The molecule has 2 aromatic heterocycles. The molecular formula is C26H24N2O2. The molecule has 0 atom stereocenters. The van der Waals surface area contributed by atoms with Crippen molar-refractivity contribution in [2.45, 2.75) is 27.7 Å². The fourth-order valence-corrected chi connectivity index (χ4v) is 3.38. The van der Waals surface area contributed by atoms with Gasteiger partial charge in [0, 0.05) is 0 Å². The van der Waals surface area contributed by atoms with Crippen LogP contribution >= 0.6 is 0 Å². The van der Waals surface area contributed by atoms with Crippen LogP contribution in [0.3, 0.4) is 0 Å². The molecule has 0 aliphatic carbocycles. The summed E-state index contributed by atoms with van der Waals surface area (Å²) in [6.45, 7) is 8.06. The molecule has 0 aliphatic rings. The van der Waals surface area contributed by atoms with Crippen LogP contribution in [0.2, 0.25) is 0 Å². The van der Waals surface area contributed by atoms with E-state index in [-0.39, 0.29) is 0 Å². The van der Waals surface area contributed by atoms with E-state index in [0.29, 0.717) is 0 Å². The predicted octanol–water partition coefficient (Wildman–Crippen LogP) is 7.27. The van der Waals surface area contributed by atoms with E-state index in [0.717, 1.165) is 34.4 Å². The van der Waals surface area contributed by atoms with Gasteiger partial charge >= 0.3 is 0 Å². The minimum atomic E-state index is 0.755. The Labute approximate surface area is 176 Å². The molecule has 30 heavy (non-hydrogen) atoms. The van der Waals surface area contributed by atoms with Gasteiger partial charge < -0.3 is 8.83 Å². The molecule has 0 unspecified atom stereocenters. The highest BCUT2D eigenvalue weighted by Crippen LogP contribution is 2.31. The zero-order chi connectivity index (χ0) is 21.1. The molecule has 4 aromatic rings. The maximum Gasteiger partial charge on any atom is 0.145 e. The molecule has 0 saturated carbocycles. The van der Waals surface area contributed by atoms with E-state index in [4.69, 9.17) is 8.83 Å². The zero-order valence-corrected chi connectivity index (χ0v) is 17.6. The Kier molecular flexibility index (Phi) is 5.48.